The van der Waals surface area contributed by atoms with E-state index < -0.39 is 6.10 Å². The Morgan fingerprint density at radius 1 is 1.19 bits per heavy atom. The van der Waals surface area contributed by atoms with Gasteiger partial charge < -0.3 is 5.11 Å². The first-order valence-corrected chi connectivity index (χ1v) is 7.19. The van der Waals surface area contributed by atoms with Crippen molar-refractivity contribution in [3.63, 3.8) is 0 Å². The molecule has 1 aromatic heterocycles. The van der Waals surface area contributed by atoms with Crippen LogP contribution in [0.3, 0.4) is 0 Å². The lowest BCUT2D eigenvalue weighted by atomic mass is 10.0. The summed E-state index contributed by atoms with van der Waals surface area (Å²) in [7, 11) is 0. The van der Waals surface area contributed by atoms with Gasteiger partial charge in [0.25, 0.3) is 0 Å². The van der Waals surface area contributed by atoms with Crippen LogP contribution in [0.4, 0.5) is 0 Å². The molecule has 1 atom stereocenters. The van der Waals surface area contributed by atoms with Gasteiger partial charge in [0, 0.05) is 9.77 Å². The molecule has 1 aromatic carbocycles. The Bertz CT molecular complexity index is 476. The standard InChI is InChI=1S/C13H14OS2/c1-9-10(7-8-16-9)13(14)11-5-3-4-6-12(11)15-2/h3-8,13-14H,1-2H3. The van der Waals surface area contributed by atoms with E-state index in [2.05, 4.69) is 0 Å². The largest absolute Gasteiger partial charge is 0.384 e. The second-order valence-corrected chi connectivity index (χ2v) is 5.54. The minimum Gasteiger partial charge on any atom is -0.384 e. The molecular formula is C13H14OS2. The molecular weight excluding hydrogens is 236 g/mol. The van der Waals surface area contributed by atoms with Crippen LogP contribution in [0, 0.1) is 6.92 Å². The third-order valence-electron chi connectivity index (χ3n) is 2.63. The van der Waals surface area contributed by atoms with E-state index in [1.807, 2.05) is 48.9 Å². The highest BCUT2D eigenvalue weighted by Gasteiger charge is 2.16. The number of aryl methyl sites for hydroxylation is 1. The van der Waals surface area contributed by atoms with E-state index in [0.29, 0.717) is 0 Å². The van der Waals surface area contributed by atoms with Gasteiger partial charge >= 0.3 is 0 Å². The van der Waals surface area contributed by atoms with Crippen LogP contribution >= 0.6 is 23.1 Å². The summed E-state index contributed by atoms with van der Waals surface area (Å²) in [5.41, 5.74) is 2.02. The lowest BCUT2D eigenvalue weighted by molar-refractivity contribution is 0.217. The third-order valence-corrected chi connectivity index (χ3v) is 4.30. The zero-order valence-corrected chi connectivity index (χ0v) is 10.9. The van der Waals surface area contributed by atoms with E-state index in [0.717, 1.165) is 16.0 Å². The average molecular weight is 250 g/mol. The fourth-order valence-electron chi connectivity index (χ4n) is 1.74. The Morgan fingerprint density at radius 3 is 2.56 bits per heavy atom. The molecule has 0 amide bonds. The number of thioether (sulfide) groups is 1. The molecule has 0 aliphatic rings. The topological polar surface area (TPSA) is 20.2 Å². The van der Waals surface area contributed by atoms with E-state index in [1.54, 1.807) is 23.1 Å². The third kappa shape index (κ3) is 2.17. The fraction of sp³-hybridized carbons (Fsp3) is 0.231. The summed E-state index contributed by atoms with van der Waals surface area (Å²) >= 11 is 3.34. The van der Waals surface area contributed by atoms with Gasteiger partial charge in [0.2, 0.25) is 0 Å². The van der Waals surface area contributed by atoms with Crippen molar-refractivity contribution in [3.8, 4) is 0 Å². The molecule has 0 aliphatic carbocycles. The smallest absolute Gasteiger partial charge is 0.106 e. The second-order valence-electron chi connectivity index (χ2n) is 3.58. The van der Waals surface area contributed by atoms with Gasteiger partial charge in [-0.05, 0) is 41.8 Å². The van der Waals surface area contributed by atoms with Crippen LogP contribution in [0.1, 0.15) is 22.1 Å². The SMILES string of the molecule is CSc1ccccc1C(O)c1ccsc1C. The van der Waals surface area contributed by atoms with E-state index in [9.17, 15) is 5.11 Å². The summed E-state index contributed by atoms with van der Waals surface area (Å²) in [4.78, 5) is 2.32. The van der Waals surface area contributed by atoms with E-state index in [4.69, 9.17) is 0 Å². The van der Waals surface area contributed by atoms with Crippen molar-refractivity contribution in [2.45, 2.75) is 17.9 Å². The molecule has 0 saturated carbocycles. The first kappa shape index (κ1) is 11.7. The zero-order valence-electron chi connectivity index (χ0n) is 9.31. The zero-order chi connectivity index (χ0) is 11.5. The Balaban J connectivity index is 2.41. The van der Waals surface area contributed by atoms with Crippen LogP contribution in [0.15, 0.2) is 40.6 Å². The molecule has 3 heteroatoms. The van der Waals surface area contributed by atoms with Gasteiger partial charge in [-0.25, -0.2) is 0 Å². The Hall–Kier alpha value is -0.770. The van der Waals surface area contributed by atoms with Gasteiger partial charge in [-0.3, -0.25) is 0 Å². The molecule has 16 heavy (non-hydrogen) atoms. The number of thiophene rings is 1. The lowest BCUT2D eigenvalue weighted by Gasteiger charge is -2.14. The van der Waals surface area contributed by atoms with Gasteiger partial charge in [0.05, 0.1) is 0 Å². The molecule has 1 N–H and O–H groups in total. The molecule has 0 fully saturated rings. The molecule has 84 valence electrons. The Morgan fingerprint density at radius 2 is 1.94 bits per heavy atom. The first-order chi connectivity index (χ1) is 7.74. The number of aliphatic hydroxyl groups is 1. The van der Waals surface area contributed by atoms with Gasteiger partial charge in [-0.15, -0.1) is 23.1 Å². The molecule has 1 unspecified atom stereocenters. The number of hydrogen-bond acceptors (Lipinski definition) is 3. The van der Waals surface area contributed by atoms with Crippen molar-refractivity contribution in [2.24, 2.45) is 0 Å². The van der Waals surface area contributed by atoms with Crippen LogP contribution < -0.4 is 0 Å². The Kier molecular flexibility index (Phi) is 3.69. The molecule has 1 nitrogen and oxygen atoms in total. The van der Waals surface area contributed by atoms with Crippen molar-refractivity contribution < 1.29 is 5.11 Å². The summed E-state index contributed by atoms with van der Waals surface area (Å²) in [5, 5.41) is 12.4. The normalized spacial score (nSPS) is 12.7. The summed E-state index contributed by atoms with van der Waals surface area (Å²) in [6.07, 6.45) is 1.53. The highest BCUT2D eigenvalue weighted by molar-refractivity contribution is 7.98. The highest BCUT2D eigenvalue weighted by atomic mass is 32.2. The molecule has 0 radical (unpaired) electrons. The van der Waals surface area contributed by atoms with Crippen LogP contribution in [0.2, 0.25) is 0 Å². The minimum absolute atomic E-state index is 0.505. The predicted molar refractivity (Wildman–Crippen MR) is 71.3 cm³/mol. The maximum atomic E-state index is 10.4. The molecule has 0 bridgehead atoms. The minimum atomic E-state index is -0.505. The van der Waals surface area contributed by atoms with E-state index in [1.165, 1.54) is 4.88 Å². The quantitative estimate of drug-likeness (QED) is 0.835. The second kappa shape index (κ2) is 5.04. The van der Waals surface area contributed by atoms with Crippen molar-refractivity contribution >= 4 is 23.1 Å². The van der Waals surface area contributed by atoms with Gasteiger partial charge in [0.1, 0.15) is 6.10 Å². The van der Waals surface area contributed by atoms with Crippen molar-refractivity contribution in [1.29, 1.82) is 0 Å². The predicted octanol–water partition coefficient (Wildman–Crippen LogP) is 3.86. The molecule has 1 heterocycles. The molecule has 0 aliphatic heterocycles. The summed E-state index contributed by atoms with van der Waals surface area (Å²) < 4.78 is 0. The van der Waals surface area contributed by atoms with E-state index >= 15 is 0 Å². The molecule has 0 spiro atoms. The number of rotatable bonds is 3. The highest BCUT2D eigenvalue weighted by Crippen LogP contribution is 2.32. The number of aliphatic hydroxyl groups excluding tert-OH is 1. The maximum absolute atomic E-state index is 10.4. The van der Waals surface area contributed by atoms with Crippen LogP contribution in [-0.2, 0) is 0 Å². The van der Waals surface area contributed by atoms with Crippen LogP contribution in [0.25, 0.3) is 0 Å². The van der Waals surface area contributed by atoms with Crippen molar-refractivity contribution in [3.05, 3.63) is 51.7 Å². The van der Waals surface area contributed by atoms with Crippen LogP contribution in [-0.4, -0.2) is 11.4 Å². The van der Waals surface area contributed by atoms with Crippen LogP contribution in [0.5, 0.6) is 0 Å². The fourth-order valence-corrected chi connectivity index (χ4v) is 3.10. The van der Waals surface area contributed by atoms with Crippen molar-refractivity contribution in [2.75, 3.05) is 6.26 Å². The Labute approximate surface area is 104 Å². The number of benzene rings is 1. The lowest BCUT2D eigenvalue weighted by Crippen LogP contribution is -2.01. The average Bonchev–Trinajstić information content (AvgIpc) is 2.74. The summed E-state index contributed by atoms with van der Waals surface area (Å²) in [6, 6.07) is 10.0. The number of hydrogen-bond donors (Lipinski definition) is 1. The molecule has 2 aromatic rings. The molecule has 2 rings (SSSR count). The summed E-state index contributed by atoms with van der Waals surface area (Å²) in [5.74, 6) is 0. The monoisotopic (exact) mass is 250 g/mol. The van der Waals surface area contributed by atoms with Gasteiger partial charge in [-0.1, -0.05) is 18.2 Å². The summed E-state index contributed by atoms with van der Waals surface area (Å²) in [6.45, 7) is 2.05. The van der Waals surface area contributed by atoms with E-state index in [-0.39, 0.29) is 0 Å². The van der Waals surface area contributed by atoms with Gasteiger partial charge in [0.15, 0.2) is 0 Å². The maximum Gasteiger partial charge on any atom is 0.106 e. The van der Waals surface area contributed by atoms with Gasteiger partial charge in [-0.2, -0.15) is 0 Å². The van der Waals surface area contributed by atoms with Crippen molar-refractivity contribution in [1.82, 2.24) is 0 Å². The first-order valence-electron chi connectivity index (χ1n) is 5.09. The molecule has 0 saturated heterocycles.